The second-order valence-corrected chi connectivity index (χ2v) is 7.00. The summed E-state index contributed by atoms with van der Waals surface area (Å²) in [7, 11) is 0. The number of imide groups is 1. The third-order valence-electron chi connectivity index (χ3n) is 4.64. The zero-order valence-electron chi connectivity index (χ0n) is 16.5. The van der Waals surface area contributed by atoms with Crippen molar-refractivity contribution in [1.29, 1.82) is 0 Å². The van der Waals surface area contributed by atoms with Gasteiger partial charge in [-0.05, 0) is 55.5 Å². The van der Waals surface area contributed by atoms with Gasteiger partial charge >= 0.3 is 6.03 Å². The van der Waals surface area contributed by atoms with Crippen LogP contribution in [-0.4, -0.2) is 29.3 Å². The molecule has 2 aromatic carbocycles. The van der Waals surface area contributed by atoms with E-state index in [9.17, 15) is 18.8 Å². The van der Waals surface area contributed by atoms with E-state index in [-0.39, 0.29) is 11.5 Å². The van der Waals surface area contributed by atoms with Gasteiger partial charge in [0.05, 0.1) is 0 Å². The Hall–Kier alpha value is -4.20. The quantitative estimate of drug-likeness (QED) is 0.484. The van der Waals surface area contributed by atoms with Crippen LogP contribution in [0.5, 0.6) is 0 Å². The van der Waals surface area contributed by atoms with E-state index in [0.29, 0.717) is 22.8 Å². The summed E-state index contributed by atoms with van der Waals surface area (Å²) >= 11 is 0. The van der Waals surface area contributed by atoms with Crippen molar-refractivity contribution in [2.75, 3.05) is 11.9 Å². The number of halogens is 1. The maximum Gasteiger partial charge on any atom is 0.329 e. The van der Waals surface area contributed by atoms with E-state index >= 15 is 0 Å². The summed E-state index contributed by atoms with van der Waals surface area (Å²) in [4.78, 5) is 37.8. The number of anilines is 1. The second-order valence-electron chi connectivity index (χ2n) is 7.00. The monoisotopic (exact) mass is 419 g/mol. The first kappa shape index (κ1) is 20.1. The number of benzene rings is 2. The van der Waals surface area contributed by atoms with Crippen LogP contribution >= 0.6 is 0 Å². The van der Waals surface area contributed by atoms with Crippen LogP contribution < -0.4 is 10.6 Å². The standard InChI is InChI=1S/C23H18FN3O4/c1-14-2-8-17(9-3-14)25-21(28)13-27-22(29)19(26-23(27)30)12-18-10-11-20(31-18)15-4-6-16(24)7-5-15/h2-12H,13H2,1H3,(H,25,28)(H,26,30)/b19-12-. The molecule has 4 amide bonds. The molecule has 1 aromatic heterocycles. The largest absolute Gasteiger partial charge is 0.457 e. The van der Waals surface area contributed by atoms with E-state index in [1.165, 1.54) is 18.2 Å². The number of aryl methyl sites for hydroxylation is 1. The molecule has 0 unspecified atom stereocenters. The summed E-state index contributed by atoms with van der Waals surface area (Å²) in [6.07, 6.45) is 1.38. The van der Waals surface area contributed by atoms with Crippen molar-refractivity contribution < 1.29 is 23.2 Å². The molecular formula is C23H18FN3O4. The molecule has 0 saturated carbocycles. The number of furan rings is 1. The zero-order valence-corrected chi connectivity index (χ0v) is 16.5. The fraction of sp³-hybridized carbons (Fsp3) is 0.0870. The average Bonchev–Trinajstić information content (AvgIpc) is 3.31. The van der Waals surface area contributed by atoms with Crippen molar-refractivity contribution in [1.82, 2.24) is 10.2 Å². The van der Waals surface area contributed by atoms with Gasteiger partial charge in [0.25, 0.3) is 5.91 Å². The highest BCUT2D eigenvalue weighted by molar-refractivity contribution is 6.15. The minimum Gasteiger partial charge on any atom is -0.457 e. The molecule has 8 heteroatoms. The summed E-state index contributed by atoms with van der Waals surface area (Å²) < 4.78 is 18.7. The summed E-state index contributed by atoms with van der Waals surface area (Å²) in [6, 6.07) is 15.5. The van der Waals surface area contributed by atoms with Crippen molar-refractivity contribution >= 4 is 29.6 Å². The first-order valence-corrected chi connectivity index (χ1v) is 9.46. The highest BCUT2D eigenvalue weighted by atomic mass is 19.1. The molecule has 1 saturated heterocycles. The third-order valence-corrected chi connectivity index (χ3v) is 4.64. The number of carbonyl (C=O) groups is 3. The van der Waals surface area contributed by atoms with Crippen LogP contribution in [0.25, 0.3) is 17.4 Å². The molecular weight excluding hydrogens is 401 g/mol. The minimum atomic E-state index is -0.694. The molecule has 0 radical (unpaired) electrons. The number of hydrogen-bond acceptors (Lipinski definition) is 4. The highest BCUT2D eigenvalue weighted by Crippen LogP contribution is 2.24. The van der Waals surface area contributed by atoms with E-state index in [1.807, 2.05) is 19.1 Å². The fourth-order valence-corrected chi connectivity index (χ4v) is 3.04. The summed E-state index contributed by atoms with van der Waals surface area (Å²) in [5, 5.41) is 5.09. The second kappa shape index (κ2) is 8.27. The van der Waals surface area contributed by atoms with Crippen molar-refractivity contribution in [2.24, 2.45) is 0 Å². The van der Waals surface area contributed by atoms with Gasteiger partial charge in [-0.1, -0.05) is 17.7 Å². The molecule has 0 spiro atoms. The molecule has 3 aromatic rings. The SMILES string of the molecule is Cc1ccc(NC(=O)CN2C(=O)N/C(=C\c3ccc(-c4ccc(F)cc4)o3)C2=O)cc1. The lowest BCUT2D eigenvalue weighted by atomic mass is 10.2. The number of rotatable bonds is 5. The Bertz CT molecular complexity index is 1180. The van der Waals surface area contributed by atoms with E-state index in [4.69, 9.17) is 4.42 Å². The molecule has 4 rings (SSSR count). The van der Waals surface area contributed by atoms with Gasteiger partial charge < -0.3 is 15.1 Å². The van der Waals surface area contributed by atoms with E-state index < -0.39 is 24.4 Å². The van der Waals surface area contributed by atoms with Crippen molar-refractivity contribution in [3.05, 3.63) is 83.5 Å². The predicted molar refractivity (Wildman–Crippen MR) is 112 cm³/mol. The number of nitrogens with one attached hydrogen (secondary N) is 2. The average molecular weight is 419 g/mol. The maximum absolute atomic E-state index is 13.1. The molecule has 31 heavy (non-hydrogen) atoms. The van der Waals surface area contributed by atoms with Crippen LogP contribution in [0, 0.1) is 12.7 Å². The Balaban J connectivity index is 1.44. The molecule has 1 aliphatic heterocycles. The molecule has 2 N–H and O–H groups in total. The lowest BCUT2D eigenvalue weighted by Gasteiger charge is -2.12. The fourth-order valence-electron chi connectivity index (χ4n) is 3.04. The van der Waals surface area contributed by atoms with Gasteiger partial charge in [-0.3, -0.25) is 9.59 Å². The van der Waals surface area contributed by atoms with Gasteiger partial charge in [0, 0.05) is 17.3 Å². The van der Waals surface area contributed by atoms with Gasteiger partial charge in [0.15, 0.2) is 0 Å². The van der Waals surface area contributed by atoms with Crippen molar-refractivity contribution in [3.8, 4) is 11.3 Å². The van der Waals surface area contributed by atoms with Crippen LogP contribution in [0.3, 0.4) is 0 Å². The van der Waals surface area contributed by atoms with E-state index in [1.54, 1.807) is 36.4 Å². The number of hydrogen-bond donors (Lipinski definition) is 2. The van der Waals surface area contributed by atoms with Crippen LogP contribution in [0.4, 0.5) is 14.9 Å². The number of urea groups is 1. The lowest BCUT2D eigenvalue weighted by Crippen LogP contribution is -2.38. The Labute approximate surface area is 177 Å². The van der Waals surface area contributed by atoms with Gasteiger partial charge in [-0.2, -0.15) is 0 Å². The molecule has 7 nitrogen and oxygen atoms in total. The smallest absolute Gasteiger partial charge is 0.329 e. The van der Waals surface area contributed by atoms with Crippen molar-refractivity contribution in [3.63, 3.8) is 0 Å². The Kier molecular flexibility index (Phi) is 5.36. The van der Waals surface area contributed by atoms with Gasteiger partial charge in [0.2, 0.25) is 5.91 Å². The maximum atomic E-state index is 13.1. The Morgan fingerprint density at radius 1 is 1.06 bits per heavy atom. The molecule has 0 bridgehead atoms. The molecule has 156 valence electrons. The molecule has 2 heterocycles. The third kappa shape index (κ3) is 4.53. The molecule has 0 atom stereocenters. The summed E-state index contributed by atoms with van der Waals surface area (Å²) in [5.41, 5.74) is 2.28. The number of amides is 4. The lowest BCUT2D eigenvalue weighted by molar-refractivity contribution is -0.127. The van der Waals surface area contributed by atoms with Crippen LogP contribution in [-0.2, 0) is 9.59 Å². The first-order chi connectivity index (χ1) is 14.9. The molecule has 1 aliphatic rings. The topological polar surface area (TPSA) is 91.7 Å². The Morgan fingerprint density at radius 3 is 2.48 bits per heavy atom. The zero-order chi connectivity index (χ0) is 22.0. The normalized spacial score (nSPS) is 14.8. The first-order valence-electron chi connectivity index (χ1n) is 9.46. The molecule has 1 fully saturated rings. The number of nitrogens with zero attached hydrogens (tertiary/aromatic N) is 1. The number of carbonyl (C=O) groups excluding carboxylic acids is 3. The van der Waals surface area contributed by atoms with Crippen LogP contribution in [0.15, 0.2) is 70.8 Å². The van der Waals surface area contributed by atoms with Crippen molar-refractivity contribution in [2.45, 2.75) is 6.92 Å². The van der Waals surface area contributed by atoms with Crippen LogP contribution in [0.1, 0.15) is 11.3 Å². The minimum absolute atomic E-state index is 0.00635. The summed E-state index contributed by atoms with van der Waals surface area (Å²) in [6.45, 7) is 1.50. The Morgan fingerprint density at radius 2 is 1.77 bits per heavy atom. The van der Waals surface area contributed by atoms with Gasteiger partial charge in [-0.25, -0.2) is 14.1 Å². The molecule has 0 aliphatic carbocycles. The summed E-state index contributed by atoms with van der Waals surface area (Å²) in [5.74, 6) is -0.677. The van der Waals surface area contributed by atoms with E-state index in [2.05, 4.69) is 10.6 Å². The van der Waals surface area contributed by atoms with E-state index in [0.717, 1.165) is 10.5 Å². The predicted octanol–water partition coefficient (Wildman–Crippen LogP) is 3.93. The van der Waals surface area contributed by atoms with Crippen LogP contribution in [0.2, 0.25) is 0 Å². The van der Waals surface area contributed by atoms with Gasteiger partial charge in [0.1, 0.15) is 29.6 Å². The van der Waals surface area contributed by atoms with Gasteiger partial charge in [-0.15, -0.1) is 0 Å². The highest BCUT2D eigenvalue weighted by Gasteiger charge is 2.35.